The molecule has 0 aliphatic carbocycles. The molecule has 0 bridgehead atoms. The van der Waals surface area contributed by atoms with Gasteiger partial charge in [0.15, 0.2) is 0 Å². The van der Waals surface area contributed by atoms with Crippen LogP contribution in [0.1, 0.15) is 21.5 Å². The van der Waals surface area contributed by atoms with Crippen LogP contribution in [-0.2, 0) is 13.1 Å². The van der Waals surface area contributed by atoms with E-state index in [1.54, 1.807) is 0 Å². The molecule has 0 atom stereocenters. The first-order valence-electron chi connectivity index (χ1n) is 5.11. The van der Waals surface area contributed by atoms with Crippen LogP contribution in [0.25, 0.3) is 0 Å². The lowest BCUT2D eigenvalue weighted by molar-refractivity contribution is 0.0957. The molecule has 3 nitrogen and oxygen atoms in total. The molecule has 0 unspecified atom stereocenters. The van der Waals surface area contributed by atoms with Crippen LogP contribution in [0.4, 0.5) is 0 Å². The summed E-state index contributed by atoms with van der Waals surface area (Å²) in [5, 5.41) is 6.36. The van der Waals surface area contributed by atoms with E-state index >= 15 is 0 Å². The van der Waals surface area contributed by atoms with Gasteiger partial charge in [0.1, 0.15) is 0 Å². The SMILES string of the molecule is C=C(Cl)CNC(=O)c1ccc2c(c1)CNC2. The normalized spacial score (nSPS) is 13.3. The van der Waals surface area contributed by atoms with E-state index < -0.39 is 0 Å². The Morgan fingerprint density at radius 2 is 2.19 bits per heavy atom. The number of nitrogens with one attached hydrogen (secondary N) is 2. The molecule has 1 aliphatic heterocycles. The summed E-state index contributed by atoms with van der Waals surface area (Å²) >= 11 is 5.58. The molecule has 0 saturated carbocycles. The van der Waals surface area contributed by atoms with Crippen LogP contribution in [0, 0.1) is 0 Å². The van der Waals surface area contributed by atoms with E-state index in [4.69, 9.17) is 11.6 Å². The third-order valence-electron chi connectivity index (χ3n) is 2.54. The van der Waals surface area contributed by atoms with Gasteiger partial charge in [0.25, 0.3) is 5.91 Å². The van der Waals surface area contributed by atoms with Crippen molar-refractivity contribution < 1.29 is 4.79 Å². The third kappa shape index (κ3) is 2.43. The molecule has 1 heterocycles. The van der Waals surface area contributed by atoms with Crippen LogP contribution in [0.3, 0.4) is 0 Å². The second kappa shape index (κ2) is 4.68. The van der Waals surface area contributed by atoms with Crippen molar-refractivity contribution in [1.29, 1.82) is 0 Å². The summed E-state index contributed by atoms with van der Waals surface area (Å²) < 4.78 is 0. The molecule has 2 rings (SSSR count). The van der Waals surface area contributed by atoms with E-state index in [1.165, 1.54) is 11.1 Å². The topological polar surface area (TPSA) is 41.1 Å². The molecule has 84 valence electrons. The van der Waals surface area contributed by atoms with Crippen molar-refractivity contribution in [3.05, 3.63) is 46.5 Å². The number of carbonyl (C=O) groups excluding carboxylic acids is 1. The molecule has 0 fully saturated rings. The zero-order valence-electron chi connectivity index (χ0n) is 8.85. The Morgan fingerprint density at radius 3 is 2.94 bits per heavy atom. The van der Waals surface area contributed by atoms with Crippen LogP contribution in [-0.4, -0.2) is 12.5 Å². The second-order valence-corrected chi connectivity index (χ2v) is 4.32. The minimum Gasteiger partial charge on any atom is -0.347 e. The van der Waals surface area contributed by atoms with Crippen LogP contribution in [0.2, 0.25) is 0 Å². The van der Waals surface area contributed by atoms with Crippen LogP contribution < -0.4 is 10.6 Å². The Kier molecular flexibility index (Phi) is 3.27. The molecule has 16 heavy (non-hydrogen) atoms. The highest BCUT2D eigenvalue weighted by atomic mass is 35.5. The predicted octanol–water partition coefficient (Wildman–Crippen LogP) is 1.77. The number of fused-ring (bicyclic) bond motifs is 1. The Hall–Kier alpha value is -1.32. The van der Waals surface area contributed by atoms with Crippen molar-refractivity contribution in [2.75, 3.05) is 6.54 Å². The van der Waals surface area contributed by atoms with Crippen molar-refractivity contribution in [3.8, 4) is 0 Å². The quantitative estimate of drug-likeness (QED) is 0.840. The predicted molar refractivity (Wildman–Crippen MR) is 64.3 cm³/mol. The maximum atomic E-state index is 11.7. The molecule has 0 radical (unpaired) electrons. The highest BCUT2D eigenvalue weighted by Gasteiger charge is 2.13. The van der Waals surface area contributed by atoms with Gasteiger partial charge in [-0.2, -0.15) is 0 Å². The van der Waals surface area contributed by atoms with Gasteiger partial charge in [0, 0.05) is 23.7 Å². The monoisotopic (exact) mass is 236 g/mol. The molecule has 2 N–H and O–H groups in total. The van der Waals surface area contributed by atoms with Gasteiger partial charge in [-0.25, -0.2) is 0 Å². The Morgan fingerprint density at radius 1 is 1.44 bits per heavy atom. The summed E-state index contributed by atoms with van der Waals surface area (Å²) in [6.45, 7) is 5.54. The zero-order valence-corrected chi connectivity index (χ0v) is 9.60. The summed E-state index contributed by atoms with van der Waals surface area (Å²) in [6, 6.07) is 5.74. The molecule has 0 aromatic heterocycles. The minimum atomic E-state index is -0.114. The van der Waals surface area contributed by atoms with E-state index in [-0.39, 0.29) is 5.91 Å². The lowest BCUT2D eigenvalue weighted by Gasteiger charge is -2.05. The average molecular weight is 237 g/mol. The van der Waals surface area contributed by atoms with Crippen LogP contribution >= 0.6 is 11.6 Å². The van der Waals surface area contributed by atoms with Gasteiger partial charge < -0.3 is 10.6 Å². The number of amides is 1. The molecule has 0 spiro atoms. The zero-order chi connectivity index (χ0) is 11.5. The fraction of sp³-hybridized carbons (Fsp3) is 0.250. The van der Waals surface area contributed by atoms with Gasteiger partial charge >= 0.3 is 0 Å². The summed E-state index contributed by atoms with van der Waals surface area (Å²) in [6.07, 6.45) is 0. The molecule has 4 heteroatoms. The summed E-state index contributed by atoms with van der Waals surface area (Å²) in [4.78, 5) is 11.7. The average Bonchev–Trinajstić information content (AvgIpc) is 2.72. The molecular formula is C12H13ClN2O. The second-order valence-electron chi connectivity index (χ2n) is 3.79. The molecule has 1 aromatic carbocycles. The van der Waals surface area contributed by atoms with Gasteiger partial charge in [0.2, 0.25) is 0 Å². The number of hydrogen-bond donors (Lipinski definition) is 2. The first kappa shape index (κ1) is 11.2. The highest BCUT2D eigenvalue weighted by molar-refractivity contribution is 6.29. The van der Waals surface area contributed by atoms with Crippen molar-refractivity contribution in [2.24, 2.45) is 0 Å². The van der Waals surface area contributed by atoms with E-state index in [9.17, 15) is 4.79 Å². The van der Waals surface area contributed by atoms with E-state index in [2.05, 4.69) is 17.2 Å². The first-order valence-corrected chi connectivity index (χ1v) is 5.48. The van der Waals surface area contributed by atoms with E-state index in [0.717, 1.165) is 13.1 Å². The van der Waals surface area contributed by atoms with Crippen LogP contribution in [0.5, 0.6) is 0 Å². The van der Waals surface area contributed by atoms with Crippen molar-refractivity contribution in [2.45, 2.75) is 13.1 Å². The first-order chi connectivity index (χ1) is 7.66. The van der Waals surface area contributed by atoms with E-state index in [1.807, 2.05) is 18.2 Å². The molecule has 1 aliphatic rings. The van der Waals surface area contributed by atoms with Crippen molar-refractivity contribution in [3.63, 3.8) is 0 Å². The fourth-order valence-electron chi connectivity index (χ4n) is 1.71. The summed E-state index contributed by atoms with van der Waals surface area (Å²) in [5.41, 5.74) is 3.12. The van der Waals surface area contributed by atoms with Gasteiger partial charge in [-0.3, -0.25) is 4.79 Å². The summed E-state index contributed by atoms with van der Waals surface area (Å²) in [5.74, 6) is -0.114. The van der Waals surface area contributed by atoms with Gasteiger partial charge in [-0.05, 0) is 23.3 Å². The minimum absolute atomic E-state index is 0.114. The summed E-state index contributed by atoms with van der Waals surface area (Å²) in [7, 11) is 0. The van der Waals surface area contributed by atoms with Crippen molar-refractivity contribution >= 4 is 17.5 Å². The van der Waals surface area contributed by atoms with E-state index in [0.29, 0.717) is 17.1 Å². The maximum Gasteiger partial charge on any atom is 0.251 e. The molecule has 1 amide bonds. The van der Waals surface area contributed by atoms with Gasteiger partial charge in [-0.1, -0.05) is 24.2 Å². The Bertz CT molecular complexity index is 443. The molecule has 1 aromatic rings. The maximum absolute atomic E-state index is 11.7. The van der Waals surface area contributed by atoms with Gasteiger partial charge in [0.05, 0.1) is 6.54 Å². The number of rotatable bonds is 3. The third-order valence-corrected chi connectivity index (χ3v) is 2.67. The largest absolute Gasteiger partial charge is 0.347 e. The smallest absolute Gasteiger partial charge is 0.251 e. The highest BCUT2D eigenvalue weighted by Crippen LogP contribution is 2.16. The van der Waals surface area contributed by atoms with Crippen LogP contribution in [0.15, 0.2) is 29.8 Å². The lowest BCUT2D eigenvalue weighted by atomic mass is 10.1. The van der Waals surface area contributed by atoms with Crippen molar-refractivity contribution in [1.82, 2.24) is 10.6 Å². The Balaban J connectivity index is 2.09. The Labute approximate surface area is 99.5 Å². The number of hydrogen-bond acceptors (Lipinski definition) is 2. The fourth-order valence-corrected chi connectivity index (χ4v) is 1.78. The number of halogens is 1. The standard InChI is InChI=1S/C12H13ClN2O/c1-8(13)5-15-12(16)9-2-3-10-6-14-7-11(10)4-9/h2-4,14H,1,5-7H2,(H,15,16). The van der Waals surface area contributed by atoms with Gasteiger partial charge in [-0.15, -0.1) is 0 Å². The number of carbonyl (C=O) groups is 1. The lowest BCUT2D eigenvalue weighted by Crippen LogP contribution is -2.24. The molecule has 0 saturated heterocycles. The number of benzene rings is 1. The molecular weight excluding hydrogens is 224 g/mol.